The van der Waals surface area contributed by atoms with Crippen LogP contribution in [0, 0.1) is 6.92 Å². The van der Waals surface area contributed by atoms with Crippen LogP contribution in [0.2, 0.25) is 5.02 Å². The molecule has 0 saturated carbocycles. The van der Waals surface area contributed by atoms with E-state index in [0.29, 0.717) is 23.0 Å². The van der Waals surface area contributed by atoms with Gasteiger partial charge in [0, 0.05) is 11.6 Å². The quantitative estimate of drug-likeness (QED) is 0.788. The zero-order valence-electron chi connectivity index (χ0n) is 13.6. The SMILES string of the molecule is COc1ccc(Cl)cc1NC(=O)CC(=O)NCc1cccc(C)c1. The van der Waals surface area contributed by atoms with E-state index in [4.69, 9.17) is 16.3 Å². The first-order valence-electron chi connectivity index (χ1n) is 7.43. The Kier molecular flexibility index (Phi) is 6.21. The predicted octanol–water partition coefficient (Wildman–Crippen LogP) is 3.30. The highest BCUT2D eigenvalue weighted by Gasteiger charge is 2.12. The summed E-state index contributed by atoms with van der Waals surface area (Å²) in [6.45, 7) is 2.37. The van der Waals surface area contributed by atoms with Crippen molar-refractivity contribution >= 4 is 29.1 Å². The van der Waals surface area contributed by atoms with Crippen molar-refractivity contribution in [2.75, 3.05) is 12.4 Å². The summed E-state index contributed by atoms with van der Waals surface area (Å²) in [7, 11) is 1.49. The maximum Gasteiger partial charge on any atom is 0.233 e. The number of rotatable bonds is 6. The standard InChI is InChI=1S/C18H19ClN2O3/c1-12-4-3-5-13(8-12)11-20-17(22)10-18(23)21-15-9-14(19)6-7-16(15)24-2/h3-9H,10-11H2,1-2H3,(H,20,22)(H,21,23). The summed E-state index contributed by atoms with van der Waals surface area (Å²) < 4.78 is 5.15. The molecule has 0 aliphatic rings. The van der Waals surface area contributed by atoms with Crippen molar-refractivity contribution in [1.29, 1.82) is 0 Å². The Labute approximate surface area is 146 Å². The van der Waals surface area contributed by atoms with Crippen molar-refractivity contribution in [2.24, 2.45) is 0 Å². The summed E-state index contributed by atoms with van der Waals surface area (Å²) in [5, 5.41) is 5.82. The summed E-state index contributed by atoms with van der Waals surface area (Å²) in [6.07, 6.45) is -0.276. The number of aryl methyl sites for hydroxylation is 1. The normalized spacial score (nSPS) is 10.1. The average molecular weight is 347 g/mol. The third-order valence-electron chi connectivity index (χ3n) is 3.33. The third-order valence-corrected chi connectivity index (χ3v) is 3.56. The van der Waals surface area contributed by atoms with Crippen LogP contribution >= 0.6 is 11.6 Å². The molecule has 2 N–H and O–H groups in total. The van der Waals surface area contributed by atoms with Crippen LogP contribution in [0.5, 0.6) is 5.75 Å². The summed E-state index contributed by atoms with van der Waals surface area (Å²) >= 11 is 5.91. The van der Waals surface area contributed by atoms with Gasteiger partial charge in [0.05, 0.1) is 12.8 Å². The molecule has 2 aromatic carbocycles. The number of carbonyl (C=O) groups excluding carboxylic acids is 2. The van der Waals surface area contributed by atoms with Gasteiger partial charge in [-0.1, -0.05) is 41.4 Å². The molecule has 0 atom stereocenters. The van der Waals surface area contributed by atoms with Crippen LogP contribution in [-0.2, 0) is 16.1 Å². The summed E-state index contributed by atoms with van der Waals surface area (Å²) in [6, 6.07) is 12.7. The zero-order valence-corrected chi connectivity index (χ0v) is 14.3. The van der Waals surface area contributed by atoms with E-state index in [2.05, 4.69) is 10.6 Å². The van der Waals surface area contributed by atoms with Crippen molar-refractivity contribution < 1.29 is 14.3 Å². The van der Waals surface area contributed by atoms with Crippen LogP contribution in [0.15, 0.2) is 42.5 Å². The molecule has 0 aliphatic heterocycles. The number of ether oxygens (including phenoxy) is 1. The van der Waals surface area contributed by atoms with Crippen LogP contribution in [0.1, 0.15) is 17.5 Å². The maximum absolute atomic E-state index is 12.0. The second kappa shape index (κ2) is 8.36. The number of carbonyl (C=O) groups is 2. The molecule has 0 bridgehead atoms. The lowest BCUT2D eigenvalue weighted by molar-refractivity contribution is -0.126. The smallest absolute Gasteiger partial charge is 0.233 e. The molecule has 6 heteroatoms. The topological polar surface area (TPSA) is 67.4 Å². The molecule has 2 rings (SSSR count). The minimum Gasteiger partial charge on any atom is -0.495 e. The first-order chi connectivity index (χ1) is 11.5. The maximum atomic E-state index is 12.0. The molecular formula is C18H19ClN2O3. The fourth-order valence-electron chi connectivity index (χ4n) is 2.20. The Morgan fingerprint density at radius 2 is 1.92 bits per heavy atom. The first-order valence-corrected chi connectivity index (χ1v) is 7.81. The second-order valence-electron chi connectivity index (χ2n) is 5.34. The molecule has 126 valence electrons. The monoisotopic (exact) mass is 346 g/mol. The Morgan fingerprint density at radius 3 is 2.62 bits per heavy atom. The Balaban J connectivity index is 1.88. The molecule has 5 nitrogen and oxygen atoms in total. The molecule has 0 radical (unpaired) electrons. The van der Waals surface area contributed by atoms with Crippen LogP contribution in [0.3, 0.4) is 0 Å². The van der Waals surface area contributed by atoms with E-state index in [0.717, 1.165) is 11.1 Å². The first kappa shape index (κ1) is 17.8. The fourth-order valence-corrected chi connectivity index (χ4v) is 2.38. The number of methoxy groups -OCH3 is 1. The summed E-state index contributed by atoms with van der Waals surface area (Å²) in [5.74, 6) is -0.305. The molecule has 0 aromatic heterocycles. The molecule has 0 saturated heterocycles. The molecule has 2 aromatic rings. The zero-order chi connectivity index (χ0) is 17.5. The van der Waals surface area contributed by atoms with E-state index < -0.39 is 5.91 Å². The van der Waals surface area contributed by atoms with Crippen LogP contribution in [0.25, 0.3) is 0 Å². The average Bonchev–Trinajstić information content (AvgIpc) is 2.53. The molecule has 0 unspecified atom stereocenters. The van der Waals surface area contributed by atoms with E-state index >= 15 is 0 Å². The van der Waals surface area contributed by atoms with Gasteiger partial charge in [-0.2, -0.15) is 0 Å². The number of nitrogens with one attached hydrogen (secondary N) is 2. The molecule has 0 spiro atoms. The van der Waals surface area contributed by atoms with Crippen molar-refractivity contribution in [3.8, 4) is 5.75 Å². The van der Waals surface area contributed by atoms with Gasteiger partial charge in [0.1, 0.15) is 12.2 Å². The molecule has 0 heterocycles. The van der Waals surface area contributed by atoms with Crippen LogP contribution < -0.4 is 15.4 Å². The Bertz CT molecular complexity index is 747. The van der Waals surface area contributed by atoms with Gasteiger partial charge in [0.2, 0.25) is 11.8 Å². The van der Waals surface area contributed by atoms with Crippen LogP contribution in [0.4, 0.5) is 5.69 Å². The summed E-state index contributed by atoms with van der Waals surface area (Å²) in [4.78, 5) is 23.9. The number of hydrogen-bond donors (Lipinski definition) is 2. The van der Waals surface area contributed by atoms with Gasteiger partial charge in [0.25, 0.3) is 0 Å². The van der Waals surface area contributed by atoms with Gasteiger partial charge in [0.15, 0.2) is 0 Å². The second-order valence-corrected chi connectivity index (χ2v) is 5.77. The van der Waals surface area contributed by atoms with Gasteiger partial charge < -0.3 is 15.4 Å². The molecule has 0 fully saturated rings. The lowest BCUT2D eigenvalue weighted by Gasteiger charge is -2.11. The number of halogens is 1. The van der Waals surface area contributed by atoms with Gasteiger partial charge in [-0.15, -0.1) is 0 Å². The highest BCUT2D eigenvalue weighted by atomic mass is 35.5. The van der Waals surface area contributed by atoms with E-state index in [1.807, 2.05) is 31.2 Å². The van der Waals surface area contributed by atoms with Crippen LogP contribution in [-0.4, -0.2) is 18.9 Å². The minimum atomic E-state index is -0.433. The molecular weight excluding hydrogens is 328 g/mol. The van der Waals surface area contributed by atoms with E-state index in [1.54, 1.807) is 18.2 Å². The Hall–Kier alpha value is -2.53. The third kappa shape index (κ3) is 5.28. The van der Waals surface area contributed by atoms with Crippen molar-refractivity contribution in [3.63, 3.8) is 0 Å². The number of hydrogen-bond acceptors (Lipinski definition) is 3. The minimum absolute atomic E-state index is 0.276. The van der Waals surface area contributed by atoms with Gasteiger partial charge in [-0.25, -0.2) is 0 Å². The molecule has 0 aliphatic carbocycles. The van der Waals surface area contributed by atoms with Gasteiger partial charge in [-0.3, -0.25) is 9.59 Å². The van der Waals surface area contributed by atoms with E-state index in [9.17, 15) is 9.59 Å². The number of benzene rings is 2. The number of anilines is 1. The summed E-state index contributed by atoms with van der Waals surface area (Å²) in [5.41, 5.74) is 2.54. The van der Waals surface area contributed by atoms with Crippen molar-refractivity contribution in [3.05, 3.63) is 58.6 Å². The van der Waals surface area contributed by atoms with Gasteiger partial charge >= 0.3 is 0 Å². The van der Waals surface area contributed by atoms with Crippen molar-refractivity contribution in [2.45, 2.75) is 19.9 Å². The lowest BCUT2D eigenvalue weighted by Crippen LogP contribution is -2.27. The van der Waals surface area contributed by atoms with Crippen molar-refractivity contribution in [1.82, 2.24) is 5.32 Å². The lowest BCUT2D eigenvalue weighted by atomic mass is 10.1. The molecule has 24 heavy (non-hydrogen) atoms. The number of amides is 2. The highest BCUT2D eigenvalue weighted by molar-refractivity contribution is 6.31. The fraction of sp³-hybridized carbons (Fsp3) is 0.222. The predicted molar refractivity (Wildman–Crippen MR) is 94.3 cm³/mol. The Morgan fingerprint density at radius 1 is 1.12 bits per heavy atom. The van der Waals surface area contributed by atoms with Gasteiger partial charge in [-0.05, 0) is 30.7 Å². The largest absolute Gasteiger partial charge is 0.495 e. The molecule has 2 amide bonds. The highest BCUT2D eigenvalue weighted by Crippen LogP contribution is 2.27. The van der Waals surface area contributed by atoms with E-state index in [1.165, 1.54) is 7.11 Å². The van der Waals surface area contributed by atoms with E-state index in [-0.39, 0.29) is 12.3 Å².